The molecule has 3 aromatic carbocycles. The van der Waals surface area contributed by atoms with Gasteiger partial charge in [0.05, 0.1) is 6.10 Å². The fourth-order valence-corrected chi connectivity index (χ4v) is 5.42. The zero-order chi connectivity index (χ0) is 33.3. The molecule has 9 nitrogen and oxygen atoms in total. The summed E-state index contributed by atoms with van der Waals surface area (Å²) >= 11 is 0. The van der Waals surface area contributed by atoms with Crippen molar-refractivity contribution >= 4 is 23.5 Å². The van der Waals surface area contributed by atoms with Crippen LogP contribution in [-0.2, 0) is 13.0 Å². The van der Waals surface area contributed by atoms with Crippen LogP contribution in [-0.4, -0.2) is 59.2 Å². The summed E-state index contributed by atoms with van der Waals surface area (Å²) < 4.78 is 28.5. The van der Waals surface area contributed by atoms with E-state index in [9.17, 15) is 33.1 Å². The molecule has 0 spiro atoms. The van der Waals surface area contributed by atoms with Gasteiger partial charge in [-0.3, -0.25) is 19.2 Å². The average Bonchev–Trinajstić information content (AvgIpc) is 2.98. The number of rotatable bonds is 16. The predicted octanol–water partition coefficient (Wildman–Crippen LogP) is 4.10. The van der Waals surface area contributed by atoms with Gasteiger partial charge in [-0.25, -0.2) is 8.78 Å². The standard InChI is InChI=1S/C34H40F2N4O5/c1-4-9-40(10-5-2)34(45)29-16-24(32(37)43)15-28(33(38)44)31(29)27(14-22-12-25(35)17-26(36)13-22)30(42)19-39-18-21-7-6-8-23(11-21)20(3)41/h6-8,11-13,15-17,27,30,39,42H,4-5,9-10,14,18-19H2,1-3H3,(H2,37,43)(H2,38,44)/t27-,30+/m1/s1. The van der Waals surface area contributed by atoms with E-state index in [0.717, 1.165) is 17.7 Å². The summed E-state index contributed by atoms with van der Waals surface area (Å²) in [4.78, 5) is 52.6. The molecule has 0 bridgehead atoms. The summed E-state index contributed by atoms with van der Waals surface area (Å²) in [5, 5.41) is 14.8. The number of hydrogen-bond donors (Lipinski definition) is 4. The molecular formula is C34H40F2N4O5. The van der Waals surface area contributed by atoms with E-state index >= 15 is 0 Å². The van der Waals surface area contributed by atoms with Gasteiger partial charge >= 0.3 is 0 Å². The van der Waals surface area contributed by atoms with E-state index in [1.807, 2.05) is 13.8 Å². The summed E-state index contributed by atoms with van der Waals surface area (Å²) in [6.45, 7) is 6.18. The first-order chi connectivity index (χ1) is 21.4. The van der Waals surface area contributed by atoms with Crippen LogP contribution in [0.1, 0.15) is 97.7 Å². The fourth-order valence-electron chi connectivity index (χ4n) is 5.42. The van der Waals surface area contributed by atoms with Crippen molar-refractivity contribution in [1.82, 2.24) is 10.2 Å². The number of hydrogen-bond acceptors (Lipinski definition) is 6. The van der Waals surface area contributed by atoms with Crippen molar-refractivity contribution in [2.24, 2.45) is 11.5 Å². The lowest BCUT2D eigenvalue weighted by molar-refractivity contribution is 0.0751. The van der Waals surface area contributed by atoms with Gasteiger partial charge in [-0.2, -0.15) is 0 Å². The van der Waals surface area contributed by atoms with Crippen LogP contribution in [0.3, 0.4) is 0 Å². The fraction of sp³-hybridized carbons (Fsp3) is 0.353. The zero-order valence-corrected chi connectivity index (χ0v) is 25.7. The van der Waals surface area contributed by atoms with Crippen LogP contribution in [0.2, 0.25) is 0 Å². The minimum absolute atomic E-state index is 0.0484. The quantitative estimate of drug-likeness (QED) is 0.176. The lowest BCUT2D eigenvalue weighted by atomic mass is 9.80. The minimum atomic E-state index is -1.32. The topological polar surface area (TPSA) is 156 Å². The molecule has 0 unspecified atom stereocenters. The number of aliphatic hydroxyl groups excluding tert-OH is 1. The molecule has 0 aromatic heterocycles. The van der Waals surface area contributed by atoms with Crippen LogP contribution < -0.4 is 16.8 Å². The van der Waals surface area contributed by atoms with Crippen molar-refractivity contribution in [1.29, 1.82) is 0 Å². The minimum Gasteiger partial charge on any atom is -0.391 e. The molecule has 240 valence electrons. The molecule has 0 saturated carbocycles. The molecule has 6 N–H and O–H groups in total. The first-order valence-electron chi connectivity index (χ1n) is 14.9. The highest BCUT2D eigenvalue weighted by Gasteiger charge is 2.33. The molecule has 0 aliphatic rings. The molecule has 3 aromatic rings. The Hall–Kier alpha value is -4.48. The number of aliphatic hydroxyl groups is 1. The Kier molecular flexibility index (Phi) is 12.5. The van der Waals surface area contributed by atoms with Gasteiger partial charge < -0.3 is 26.8 Å². The van der Waals surface area contributed by atoms with Crippen LogP contribution in [0, 0.1) is 11.6 Å². The number of Topliss-reactive ketones (excluding diaryl/α,β-unsaturated/α-hetero) is 1. The molecule has 0 aliphatic heterocycles. The molecule has 2 atom stereocenters. The molecule has 0 fully saturated rings. The molecule has 3 amide bonds. The number of amides is 3. The third kappa shape index (κ3) is 9.26. The van der Waals surface area contributed by atoms with Crippen molar-refractivity contribution < 1.29 is 33.1 Å². The monoisotopic (exact) mass is 622 g/mol. The number of primary amides is 2. The van der Waals surface area contributed by atoms with Crippen LogP contribution in [0.5, 0.6) is 0 Å². The Morgan fingerprint density at radius 3 is 2.02 bits per heavy atom. The number of ketones is 1. The second-order valence-electron chi connectivity index (χ2n) is 11.0. The van der Waals surface area contributed by atoms with Crippen molar-refractivity contribution in [3.63, 3.8) is 0 Å². The average molecular weight is 623 g/mol. The summed E-state index contributed by atoms with van der Waals surface area (Å²) in [5.74, 6) is -5.24. The van der Waals surface area contributed by atoms with Gasteiger partial charge in [0.15, 0.2) is 5.78 Å². The van der Waals surface area contributed by atoms with Gasteiger partial charge in [-0.05, 0) is 73.2 Å². The largest absolute Gasteiger partial charge is 0.391 e. The highest BCUT2D eigenvalue weighted by Crippen LogP contribution is 2.33. The number of carbonyl (C=O) groups is 4. The van der Waals surface area contributed by atoms with Crippen molar-refractivity contribution in [2.75, 3.05) is 19.6 Å². The van der Waals surface area contributed by atoms with E-state index in [0.29, 0.717) is 37.6 Å². The molecule has 0 radical (unpaired) electrons. The Balaban J connectivity index is 2.16. The summed E-state index contributed by atoms with van der Waals surface area (Å²) in [6, 6.07) is 12.3. The van der Waals surface area contributed by atoms with Crippen molar-refractivity contribution in [3.05, 3.63) is 105 Å². The van der Waals surface area contributed by atoms with Crippen LogP contribution in [0.15, 0.2) is 54.6 Å². The SMILES string of the molecule is CCCN(CCC)C(=O)c1cc(C(N)=O)cc(C(N)=O)c1[C@H](Cc1cc(F)cc(F)c1)[C@@H](O)CNCc1cccc(C(C)=O)c1. The number of nitrogens with zero attached hydrogens (tertiary/aromatic N) is 1. The molecule has 11 heteroatoms. The van der Waals surface area contributed by atoms with E-state index in [1.54, 1.807) is 29.2 Å². The predicted molar refractivity (Wildman–Crippen MR) is 167 cm³/mol. The van der Waals surface area contributed by atoms with Crippen molar-refractivity contribution in [3.8, 4) is 0 Å². The summed E-state index contributed by atoms with van der Waals surface area (Å²) in [6.07, 6.45) is -0.247. The van der Waals surface area contributed by atoms with Gasteiger partial charge in [0.2, 0.25) is 11.8 Å². The van der Waals surface area contributed by atoms with Gasteiger partial charge in [0.1, 0.15) is 11.6 Å². The Morgan fingerprint density at radius 2 is 1.47 bits per heavy atom. The van der Waals surface area contributed by atoms with Crippen LogP contribution >= 0.6 is 0 Å². The highest BCUT2D eigenvalue weighted by atomic mass is 19.1. The molecule has 45 heavy (non-hydrogen) atoms. The van der Waals surface area contributed by atoms with Gasteiger partial charge in [-0.1, -0.05) is 32.0 Å². The first-order valence-corrected chi connectivity index (χ1v) is 14.9. The summed E-state index contributed by atoms with van der Waals surface area (Å²) in [5.41, 5.74) is 12.4. The number of nitrogens with one attached hydrogen (secondary N) is 1. The van der Waals surface area contributed by atoms with Crippen LogP contribution in [0.4, 0.5) is 8.78 Å². The lowest BCUT2D eigenvalue weighted by Gasteiger charge is -2.30. The van der Waals surface area contributed by atoms with E-state index in [2.05, 4.69) is 5.32 Å². The molecule has 0 saturated heterocycles. The Labute approximate surface area is 261 Å². The third-order valence-electron chi connectivity index (χ3n) is 7.46. The Morgan fingerprint density at radius 1 is 0.844 bits per heavy atom. The second kappa shape index (κ2) is 16.0. The zero-order valence-electron chi connectivity index (χ0n) is 25.7. The number of nitrogens with two attached hydrogens (primary N) is 2. The molecular weight excluding hydrogens is 582 g/mol. The van der Waals surface area contributed by atoms with Gasteiger partial charge in [0.25, 0.3) is 5.91 Å². The molecule has 3 rings (SSSR count). The molecule has 0 aliphatic carbocycles. The maximum absolute atomic E-state index is 14.3. The molecule has 0 heterocycles. The van der Waals surface area contributed by atoms with E-state index in [-0.39, 0.29) is 53.1 Å². The summed E-state index contributed by atoms with van der Waals surface area (Å²) in [7, 11) is 0. The first kappa shape index (κ1) is 35.0. The van der Waals surface area contributed by atoms with Gasteiger partial charge in [0, 0.05) is 60.4 Å². The normalized spacial score (nSPS) is 12.4. The maximum atomic E-state index is 14.3. The Bertz CT molecular complexity index is 1540. The number of halogens is 2. The van der Waals surface area contributed by atoms with Gasteiger partial charge in [-0.15, -0.1) is 0 Å². The third-order valence-corrected chi connectivity index (χ3v) is 7.46. The van der Waals surface area contributed by atoms with Crippen molar-refractivity contribution in [2.45, 2.75) is 58.6 Å². The lowest BCUT2D eigenvalue weighted by Crippen LogP contribution is -2.38. The van der Waals surface area contributed by atoms with E-state index in [1.165, 1.54) is 19.1 Å². The second-order valence-corrected chi connectivity index (χ2v) is 11.0. The van der Waals surface area contributed by atoms with E-state index < -0.39 is 41.4 Å². The van der Waals surface area contributed by atoms with Crippen LogP contribution in [0.25, 0.3) is 0 Å². The van der Waals surface area contributed by atoms with E-state index in [4.69, 9.17) is 11.5 Å². The number of carbonyl (C=O) groups excluding carboxylic acids is 4. The maximum Gasteiger partial charge on any atom is 0.254 e. The smallest absolute Gasteiger partial charge is 0.254 e. The number of benzene rings is 3. The highest BCUT2D eigenvalue weighted by molar-refractivity contribution is 6.06.